The zero-order valence-electron chi connectivity index (χ0n) is 9.83. The molecule has 0 aliphatic heterocycles. The number of nitrogens with zero attached hydrogens (tertiary/aromatic N) is 1. The van der Waals surface area contributed by atoms with Crippen molar-refractivity contribution in [2.45, 2.75) is 18.2 Å². The second-order valence-electron chi connectivity index (χ2n) is 3.47. The minimum atomic E-state index is -0.631. The van der Waals surface area contributed by atoms with Crippen molar-refractivity contribution < 1.29 is 18.9 Å². The maximum Gasteiger partial charge on any atom is 0.433 e. The van der Waals surface area contributed by atoms with Crippen LogP contribution in [0.25, 0.3) is 0 Å². The van der Waals surface area contributed by atoms with Gasteiger partial charge in [0, 0.05) is 0 Å². The number of rotatable bonds is 7. The fraction of sp³-hybridized carbons (Fsp3) is 0.500. The van der Waals surface area contributed by atoms with E-state index in [1.54, 1.807) is 6.07 Å². The van der Waals surface area contributed by atoms with Gasteiger partial charge in [-0.25, -0.2) is 0 Å². The standard InChI is InChI=1S/C10H14N2O5S/c1-16-10(13)8(11)4-5-18-6-7-2-3-9(17-7)12(14)15/h2-3,8H,4-6,11H2,1H3. The highest BCUT2D eigenvalue weighted by Gasteiger charge is 2.14. The topological polar surface area (TPSA) is 109 Å². The molecule has 1 rings (SSSR count). The number of hydrogen-bond donors (Lipinski definition) is 1. The molecular formula is C10H14N2O5S. The molecule has 0 aromatic carbocycles. The lowest BCUT2D eigenvalue weighted by molar-refractivity contribution is -0.402. The van der Waals surface area contributed by atoms with Gasteiger partial charge in [-0.05, 0) is 18.2 Å². The van der Waals surface area contributed by atoms with Crippen molar-refractivity contribution >= 4 is 23.6 Å². The maximum absolute atomic E-state index is 11.0. The van der Waals surface area contributed by atoms with Crippen molar-refractivity contribution in [1.82, 2.24) is 0 Å². The predicted molar refractivity (Wildman–Crippen MR) is 66.1 cm³/mol. The van der Waals surface area contributed by atoms with Crippen LogP contribution in [0, 0.1) is 10.1 Å². The number of carbonyl (C=O) groups is 1. The molecule has 0 fully saturated rings. The fourth-order valence-corrected chi connectivity index (χ4v) is 2.12. The normalized spacial score (nSPS) is 12.1. The first kappa shape index (κ1) is 14.5. The fourth-order valence-electron chi connectivity index (χ4n) is 1.19. The Balaban J connectivity index is 2.25. The van der Waals surface area contributed by atoms with Crippen molar-refractivity contribution in [3.8, 4) is 0 Å². The van der Waals surface area contributed by atoms with Crippen LogP contribution in [0.15, 0.2) is 16.5 Å². The monoisotopic (exact) mass is 274 g/mol. The molecule has 1 heterocycles. The minimum Gasteiger partial charge on any atom is -0.468 e. The van der Waals surface area contributed by atoms with Crippen LogP contribution in [0.1, 0.15) is 12.2 Å². The average Bonchev–Trinajstić information content (AvgIpc) is 2.82. The lowest BCUT2D eigenvalue weighted by Gasteiger charge is -2.07. The molecule has 100 valence electrons. The zero-order valence-corrected chi connectivity index (χ0v) is 10.6. The Kier molecular flexibility index (Phi) is 5.66. The van der Waals surface area contributed by atoms with E-state index in [9.17, 15) is 14.9 Å². The van der Waals surface area contributed by atoms with Crippen molar-refractivity contribution in [2.24, 2.45) is 5.73 Å². The second kappa shape index (κ2) is 7.02. The van der Waals surface area contributed by atoms with E-state index < -0.39 is 16.9 Å². The Hall–Kier alpha value is -1.54. The van der Waals surface area contributed by atoms with Crippen molar-refractivity contribution in [3.63, 3.8) is 0 Å². The number of thioether (sulfide) groups is 1. The molecule has 0 saturated carbocycles. The highest BCUT2D eigenvalue weighted by atomic mass is 32.2. The molecule has 1 atom stereocenters. The van der Waals surface area contributed by atoms with Crippen LogP contribution < -0.4 is 5.73 Å². The summed E-state index contributed by atoms with van der Waals surface area (Å²) in [7, 11) is 1.29. The van der Waals surface area contributed by atoms with Gasteiger partial charge in [-0.2, -0.15) is 11.8 Å². The minimum absolute atomic E-state index is 0.267. The summed E-state index contributed by atoms with van der Waals surface area (Å²) in [4.78, 5) is 20.8. The van der Waals surface area contributed by atoms with Crippen molar-refractivity contribution in [2.75, 3.05) is 12.9 Å². The smallest absolute Gasteiger partial charge is 0.433 e. The first-order valence-corrected chi connectivity index (χ1v) is 6.34. The van der Waals surface area contributed by atoms with E-state index in [-0.39, 0.29) is 5.88 Å². The van der Waals surface area contributed by atoms with Gasteiger partial charge in [0.1, 0.15) is 16.7 Å². The van der Waals surface area contributed by atoms with E-state index in [2.05, 4.69) is 4.74 Å². The Morgan fingerprint density at radius 1 is 1.67 bits per heavy atom. The van der Waals surface area contributed by atoms with E-state index in [1.165, 1.54) is 24.9 Å². The summed E-state index contributed by atoms with van der Waals surface area (Å²) in [5.74, 6) is 0.964. The molecule has 1 unspecified atom stereocenters. The summed E-state index contributed by atoms with van der Waals surface area (Å²) in [5.41, 5.74) is 5.55. The van der Waals surface area contributed by atoms with Crippen LogP contribution in [-0.4, -0.2) is 29.8 Å². The highest BCUT2D eigenvalue weighted by molar-refractivity contribution is 7.98. The average molecular weight is 274 g/mol. The first-order chi connectivity index (χ1) is 8.54. The quantitative estimate of drug-likeness (QED) is 0.345. The summed E-state index contributed by atoms with van der Waals surface area (Å²) < 4.78 is 9.47. The number of hydrogen-bond acceptors (Lipinski definition) is 7. The zero-order chi connectivity index (χ0) is 13.5. The third-order valence-electron chi connectivity index (χ3n) is 2.15. The van der Waals surface area contributed by atoms with Crippen LogP contribution in [-0.2, 0) is 15.3 Å². The molecule has 0 amide bonds. The predicted octanol–water partition coefficient (Wildman–Crippen LogP) is 1.31. The van der Waals surface area contributed by atoms with E-state index in [0.29, 0.717) is 23.7 Å². The van der Waals surface area contributed by atoms with Gasteiger partial charge in [0.15, 0.2) is 0 Å². The lowest BCUT2D eigenvalue weighted by atomic mass is 10.2. The summed E-state index contributed by atoms with van der Waals surface area (Å²) in [6, 6.07) is 2.25. The number of nitro groups is 1. The number of methoxy groups -OCH3 is 1. The van der Waals surface area contributed by atoms with Gasteiger partial charge in [0.2, 0.25) is 0 Å². The molecule has 0 spiro atoms. The second-order valence-corrected chi connectivity index (χ2v) is 4.57. The molecule has 0 bridgehead atoms. The van der Waals surface area contributed by atoms with Crippen LogP contribution >= 0.6 is 11.8 Å². The third-order valence-corrected chi connectivity index (χ3v) is 3.16. The van der Waals surface area contributed by atoms with Gasteiger partial charge >= 0.3 is 11.9 Å². The van der Waals surface area contributed by atoms with Crippen molar-refractivity contribution in [3.05, 3.63) is 28.0 Å². The van der Waals surface area contributed by atoms with Crippen LogP contribution in [0.2, 0.25) is 0 Å². The molecule has 0 saturated heterocycles. The molecule has 0 radical (unpaired) electrons. The summed E-state index contributed by atoms with van der Waals surface area (Å²) in [5, 5.41) is 10.4. The molecule has 7 nitrogen and oxygen atoms in total. The Bertz CT molecular complexity index is 420. The Morgan fingerprint density at radius 3 is 2.94 bits per heavy atom. The van der Waals surface area contributed by atoms with E-state index >= 15 is 0 Å². The number of ether oxygens (including phenoxy) is 1. The van der Waals surface area contributed by atoms with E-state index in [4.69, 9.17) is 10.2 Å². The highest BCUT2D eigenvalue weighted by Crippen LogP contribution is 2.20. The molecule has 1 aromatic rings. The van der Waals surface area contributed by atoms with Gasteiger partial charge in [0.05, 0.1) is 18.9 Å². The van der Waals surface area contributed by atoms with Crippen LogP contribution in [0.5, 0.6) is 0 Å². The van der Waals surface area contributed by atoms with Gasteiger partial charge < -0.3 is 14.9 Å². The van der Waals surface area contributed by atoms with E-state index in [1.807, 2.05) is 0 Å². The third kappa shape index (κ3) is 4.38. The summed E-state index contributed by atoms with van der Waals surface area (Å²) in [6.07, 6.45) is 0.486. The number of carbonyl (C=O) groups excluding carboxylic acids is 1. The molecule has 0 aliphatic carbocycles. The summed E-state index contributed by atoms with van der Waals surface area (Å²) >= 11 is 1.48. The molecule has 1 aromatic heterocycles. The largest absolute Gasteiger partial charge is 0.468 e. The van der Waals surface area contributed by atoms with Crippen LogP contribution in [0.3, 0.4) is 0 Å². The number of furan rings is 1. The summed E-state index contributed by atoms with van der Waals surface area (Å²) in [6.45, 7) is 0. The molecule has 18 heavy (non-hydrogen) atoms. The SMILES string of the molecule is COC(=O)C(N)CCSCc1ccc([N+](=O)[O-])o1. The van der Waals surface area contributed by atoms with Gasteiger partial charge in [-0.3, -0.25) is 14.9 Å². The Morgan fingerprint density at radius 2 is 2.39 bits per heavy atom. The van der Waals surface area contributed by atoms with E-state index in [0.717, 1.165) is 0 Å². The molecule has 2 N–H and O–H groups in total. The number of nitrogens with two attached hydrogens (primary N) is 1. The van der Waals surface area contributed by atoms with Gasteiger partial charge in [-0.1, -0.05) is 0 Å². The maximum atomic E-state index is 11.0. The van der Waals surface area contributed by atoms with Gasteiger partial charge in [0.25, 0.3) is 0 Å². The molecule has 0 aliphatic rings. The first-order valence-electron chi connectivity index (χ1n) is 5.19. The van der Waals surface area contributed by atoms with Gasteiger partial charge in [-0.15, -0.1) is 0 Å². The van der Waals surface area contributed by atoms with Crippen LogP contribution in [0.4, 0.5) is 5.88 Å². The lowest BCUT2D eigenvalue weighted by Crippen LogP contribution is -2.31. The number of esters is 1. The molecule has 8 heteroatoms. The van der Waals surface area contributed by atoms with Crippen molar-refractivity contribution in [1.29, 1.82) is 0 Å². The Labute approximate surface area is 108 Å². The molecular weight excluding hydrogens is 260 g/mol.